The number of rotatable bonds is 3. The van der Waals surface area contributed by atoms with E-state index in [4.69, 9.17) is 0 Å². The Morgan fingerprint density at radius 3 is 2.70 bits per heavy atom. The van der Waals surface area contributed by atoms with Gasteiger partial charge in [0.15, 0.2) is 5.96 Å². The van der Waals surface area contributed by atoms with Gasteiger partial charge in [-0.1, -0.05) is 6.07 Å². The van der Waals surface area contributed by atoms with Crippen molar-refractivity contribution < 1.29 is 13.6 Å². The monoisotopic (exact) mass is 490 g/mol. The number of anilines is 1. The Morgan fingerprint density at radius 2 is 2.11 bits per heavy atom. The molecule has 10 heteroatoms. The number of aryl methyl sites for hydroxylation is 1. The first-order chi connectivity index (χ1) is 12.5. The van der Waals surface area contributed by atoms with Crippen LogP contribution in [0, 0.1) is 11.6 Å². The molecule has 1 saturated heterocycles. The van der Waals surface area contributed by atoms with Gasteiger partial charge in [0.1, 0.15) is 18.2 Å². The number of aliphatic imine (C=N–C) groups is 1. The molecular formula is C17H21F2IN6O. The summed E-state index contributed by atoms with van der Waals surface area (Å²) in [5.41, 5.74) is 1.08. The molecule has 27 heavy (non-hydrogen) atoms. The minimum Gasteiger partial charge on any atom is -0.352 e. The quantitative estimate of drug-likeness (QED) is 0.405. The first-order valence-electron chi connectivity index (χ1n) is 8.16. The number of halogens is 3. The minimum atomic E-state index is -0.620. The molecular weight excluding hydrogens is 469 g/mol. The number of nitrogens with one attached hydrogen (secondary N) is 1. The molecule has 0 saturated carbocycles. The molecule has 1 N–H and O–H groups in total. The van der Waals surface area contributed by atoms with E-state index in [0.717, 1.165) is 11.8 Å². The highest BCUT2D eigenvalue weighted by molar-refractivity contribution is 14.0. The lowest BCUT2D eigenvalue weighted by Crippen LogP contribution is -2.55. The van der Waals surface area contributed by atoms with Crippen LogP contribution in [0.5, 0.6) is 0 Å². The van der Waals surface area contributed by atoms with Crippen LogP contribution in [0.15, 0.2) is 35.6 Å². The largest absolute Gasteiger partial charge is 0.352 e. The van der Waals surface area contributed by atoms with Crippen LogP contribution in [0.3, 0.4) is 0 Å². The van der Waals surface area contributed by atoms with Crippen LogP contribution in [0.4, 0.5) is 14.5 Å². The molecule has 2 aromatic rings. The van der Waals surface area contributed by atoms with Gasteiger partial charge in [0.25, 0.3) is 0 Å². The summed E-state index contributed by atoms with van der Waals surface area (Å²) in [6.45, 7) is 1.37. The number of amides is 1. The summed E-state index contributed by atoms with van der Waals surface area (Å²) >= 11 is 0. The summed E-state index contributed by atoms with van der Waals surface area (Å²) in [6, 6.07) is 3.44. The average Bonchev–Trinajstić information content (AvgIpc) is 3.03. The van der Waals surface area contributed by atoms with Gasteiger partial charge in [-0.05, 0) is 6.07 Å². The van der Waals surface area contributed by atoms with Crippen molar-refractivity contribution in [3.8, 4) is 0 Å². The Labute approximate surface area is 173 Å². The van der Waals surface area contributed by atoms with E-state index >= 15 is 0 Å². The fourth-order valence-corrected chi connectivity index (χ4v) is 2.85. The number of hydrogen-bond donors (Lipinski definition) is 1. The van der Waals surface area contributed by atoms with Crippen molar-refractivity contribution in [3.05, 3.63) is 47.8 Å². The van der Waals surface area contributed by atoms with Crippen molar-refractivity contribution in [1.82, 2.24) is 20.0 Å². The number of carbonyl (C=O) groups is 1. The molecule has 1 aromatic carbocycles. The van der Waals surface area contributed by atoms with Crippen LogP contribution >= 0.6 is 24.0 Å². The van der Waals surface area contributed by atoms with Crippen molar-refractivity contribution in [2.75, 3.05) is 31.6 Å². The Bertz CT molecular complexity index is 841. The van der Waals surface area contributed by atoms with E-state index in [1.54, 1.807) is 41.0 Å². The Balaban J connectivity index is 0.00000261. The second-order valence-electron chi connectivity index (χ2n) is 5.98. The summed E-state index contributed by atoms with van der Waals surface area (Å²) in [5, 5.41) is 7.11. The van der Waals surface area contributed by atoms with E-state index in [-0.39, 0.29) is 43.0 Å². The number of nitrogens with zero attached hydrogens (tertiary/aromatic N) is 5. The molecule has 1 aliphatic rings. The van der Waals surface area contributed by atoms with E-state index in [1.165, 1.54) is 12.1 Å². The summed E-state index contributed by atoms with van der Waals surface area (Å²) < 4.78 is 28.4. The fourth-order valence-electron chi connectivity index (χ4n) is 2.85. The lowest BCUT2D eigenvalue weighted by atomic mass is 10.2. The number of benzene rings is 1. The topological polar surface area (TPSA) is 65.8 Å². The highest BCUT2D eigenvalue weighted by atomic mass is 127. The molecule has 1 aliphatic heterocycles. The van der Waals surface area contributed by atoms with Crippen molar-refractivity contribution in [1.29, 1.82) is 0 Å². The van der Waals surface area contributed by atoms with Crippen LogP contribution in [0.2, 0.25) is 0 Å². The van der Waals surface area contributed by atoms with Crippen LogP contribution < -0.4 is 10.2 Å². The van der Waals surface area contributed by atoms with Crippen LogP contribution in [0.1, 0.15) is 5.56 Å². The molecule has 1 aromatic heterocycles. The number of carbonyl (C=O) groups excluding carboxylic acids is 1. The Kier molecular flexibility index (Phi) is 7.11. The second kappa shape index (κ2) is 9.11. The molecule has 0 bridgehead atoms. The van der Waals surface area contributed by atoms with Gasteiger partial charge in [-0.3, -0.25) is 14.5 Å². The summed E-state index contributed by atoms with van der Waals surface area (Å²) in [5.74, 6) is -0.814. The molecule has 0 unspecified atom stereocenters. The van der Waals surface area contributed by atoms with Gasteiger partial charge in [-0.25, -0.2) is 8.78 Å². The normalized spacial score (nSPS) is 15.0. The number of hydrogen-bond acceptors (Lipinski definition) is 3. The zero-order valence-corrected chi connectivity index (χ0v) is 17.4. The van der Waals surface area contributed by atoms with Gasteiger partial charge >= 0.3 is 0 Å². The SMILES string of the molecule is CN=C(NCc1ccc(F)cc1F)N1CCN(c2cnn(C)c2)C(=O)C1.I. The van der Waals surface area contributed by atoms with Crippen LogP contribution in [-0.2, 0) is 18.4 Å². The molecule has 3 rings (SSSR count). The third-order valence-electron chi connectivity index (χ3n) is 4.19. The van der Waals surface area contributed by atoms with Gasteiger partial charge in [-0.2, -0.15) is 5.10 Å². The highest BCUT2D eigenvalue weighted by Gasteiger charge is 2.27. The Hall–Kier alpha value is -2.24. The number of piperazine rings is 1. The smallest absolute Gasteiger partial charge is 0.246 e. The molecule has 0 atom stereocenters. The summed E-state index contributed by atoms with van der Waals surface area (Å²) in [4.78, 5) is 20.1. The lowest BCUT2D eigenvalue weighted by Gasteiger charge is -2.35. The predicted molar refractivity (Wildman–Crippen MR) is 109 cm³/mol. The van der Waals surface area contributed by atoms with E-state index in [1.807, 2.05) is 0 Å². The summed E-state index contributed by atoms with van der Waals surface area (Å²) in [7, 11) is 3.39. The first kappa shape index (κ1) is 21.1. The zero-order valence-electron chi connectivity index (χ0n) is 15.0. The van der Waals surface area contributed by atoms with E-state index < -0.39 is 11.6 Å². The predicted octanol–water partition coefficient (Wildman–Crippen LogP) is 1.74. The third-order valence-corrected chi connectivity index (χ3v) is 4.19. The fraction of sp³-hybridized carbons (Fsp3) is 0.353. The molecule has 146 valence electrons. The highest BCUT2D eigenvalue weighted by Crippen LogP contribution is 2.16. The van der Waals surface area contributed by atoms with Crippen molar-refractivity contribution in [2.45, 2.75) is 6.54 Å². The van der Waals surface area contributed by atoms with Crippen LogP contribution in [-0.4, -0.2) is 53.2 Å². The maximum absolute atomic E-state index is 13.7. The third kappa shape index (κ3) is 4.93. The molecule has 7 nitrogen and oxygen atoms in total. The molecule has 0 spiro atoms. The van der Waals surface area contributed by atoms with Crippen LogP contribution in [0.25, 0.3) is 0 Å². The number of guanidine groups is 1. The standard InChI is InChI=1S/C17H20F2N6O.HI/c1-20-17(21-8-12-3-4-13(18)7-15(12)19)24-5-6-25(16(26)11-24)14-9-22-23(2)10-14;/h3-4,7,9-10H,5-6,8,11H2,1-2H3,(H,20,21);1H. The van der Waals surface area contributed by atoms with Crippen molar-refractivity contribution in [3.63, 3.8) is 0 Å². The molecule has 0 aliphatic carbocycles. The van der Waals surface area contributed by atoms with Gasteiger partial charge in [0, 0.05) is 51.6 Å². The van der Waals surface area contributed by atoms with Crippen molar-refractivity contribution in [2.24, 2.45) is 12.0 Å². The number of aromatic nitrogens is 2. The Morgan fingerprint density at radius 1 is 1.33 bits per heavy atom. The van der Waals surface area contributed by atoms with Gasteiger partial charge in [0.2, 0.25) is 5.91 Å². The molecule has 0 radical (unpaired) electrons. The molecule has 1 amide bonds. The maximum atomic E-state index is 13.7. The molecule has 2 heterocycles. The van der Waals surface area contributed by atoms with E-state index in [0.29, 0.717) is 24.6 Å². The van der Waals surface area contributed by atoms with Gasteiger partial charge in [0.05, 0.1) is 11.9 Å². The molecule has 1 fully saturated rings. The van der Waals surface area contributed by atoms with Gasteiger partial charge < -0.3 is 15.1 Å². The van der Waals surface area contributed by atoms with Crippen molar-refractivity contribution >= 4 is 41.5 Å². The maximum Gasteiger partial charge on any atom is 0.246 e. The van der Waals surface area contributed by atoms with E-state index in [9.17, 15) is 13.6 Å². The average molecular weight is 490 g/mol. The lowest BCUT2D eigenvalue weighted by molar-refractivity contribution is -0.120. The van der Waals surface area contributed by atoms with Gasteiger partial charge in [-0.15, -0.1) is 24.0 Å². The zero-order chi connectivity index (χ0) is 18.7. The minimum absolute atomic E-state index is 0. The first-order valence-corrected chi connectivity index (χ1v) is 8.16. The van der Waals surface area contributed by atoms with E-state index in [2.05, 4.69) is 15.4 Å². The second-order valence-corrected chi connectivity index (χ2v) is 5.98. The summed E-state index contributed by atoms with van der Waals surface area (Å²) in [6.07, 6.45) is 3.44.